The Morgan fingerprint density at radius 2 is 2.08 bits per heavy atom. The highest BCUT2D eigenvalue weighted by Gasteiger charge is 2.33. The van der Waals surface area contributed by atoms with Crippen LogP contribution in [0.2, 0.25) is 0 Å². The highest BCUT2D eigenvalue weighted by atomic mass is 32.1. The van der Waals surface area contributed by atoms with E-state index in [2.05, 4.69) is 16.0 Å². The molecular weight excluding hydrogens is 352 g/mol. The number of anilines is 1. The number of amides is 2. The summed E-state index contributed by atoms with van der Waals surface area (Å²) in [5.74, 6) is -0.390. The number of esters is 1. The van der Waals surface area contributed by atoms with Crippen molar-refractivity contribution in [3.63, 3.8) is 0 Å². The molecule has 2 rings (SSSR count). The lowest BCUT2D eigenvalue weighted by molar-refractivity contribution is -0.139. The van der Waals surface area contributed by atoms with Gasteiger partial charge in [-0.25, -0.2) is 9.59 Å². The van der Waals surface area contributed by atoms with Crippen LogP contribution < -0.4 is 16.0 Å². The number of hydrogen-bond acceptors (Lipinski definition) is 4. The number of allylic oxidation sites excluding steroid dienone is 1. The molecule has 0 bridgehead atoms. The lowest BCUT2D eigenvalue weighted by atomic mass is 9.95. The van der Waals surface area contributed by atoms with E-state index in [1.54, 1.807) is 24.9 Å². The number of nitrogens with one attached hydrogen (secondary N) is 3. The van der Waals surface area contributed by atoms with Gasteiger partial charge in [-0.15, -0.1) is 0 Å². The SMILES string of the molecule is CCNC(=O)Nc1cccc(C2NC(=S)N(C)C(C)=C2C(=O)OCC)c1. The van der Waals surface area contributed by atoms with Gasteiger partial charge in [0.05, 0.1) is 18.2 Å². The van der Waals surface area contributed by atoms with Gasteiger partial charge in [0.2, 0.25) is 0 Å². The topological polar surface area (TPSA) is 82.7 Å². The highest BCUT2D eigenvalue weighted by Crippen LogP contribution is 2.31. The zero-order valence-corrected chi connectivity index (χ0v) is 16.2. The summed E-state index contributed by atoms with van der Waals surface area (Å²) in [5.41, 5.74) is 2.66. The molecule has 1 heterocycles. The van der Waals surface area contributed by atoms with Gasteiger partial charge in [0, 0.05) is 25.0 Å². The lowest BCUT2D eigenvalue weighted by Crippen LogP contribution is -2.46. The van der Waals surface area contributed by atoms with Crippen molar-refractivity contribution in [3.05, 3.63) is 41.1 Å². The van der Waals surface area contributed by atoms with Crippen LogP contribution in [0.5, 0.6) is 0 Å². The molecular formula is C18H24N4O3S. The summed E-state index contributed by atoms with van der Waals surface area (Å²) in [5, 5.41) is 9.14. The molecule has 0 aliphatic carbocycles. The van der Waals surface area contributed by atoms with E-state index < -0.39 is 6.04 Å². The van der Waals surface area contributed by atoms with E-state index in [0.29, 0.717) is 22.9 Å². The third-order valence-electron chi connectivity index (χ3n) is 4.06. The Labute approximate surface area is 158 Å². The van der Waals surface area contributed by atoms with Crippen molar-refractivity contribution in [2.24, 2.45) is 0 Å². The Morgan fingerprint density at radius 3 is 2.73 bits per heavy atom. The number of benzene rings is 1. The first-order valence-electron chi connectivity index (χ1n) is 8.45. The average Bonchev–Trinajstić information content (AvgIpc) is 2.60. The fourth-order valence-corrected chi connectivity index (χ4v) is 2.95. The largest absolute Gasteiger partial charge is 0.463 e. The Kier molecular flexibility index (Phi) is 6.57. The molecule has 1 aliphatic rings. The molecule has 7 nitrogen and oxygen atoms in total. The summed E-state index contributed by atoms with van der Waals surface area (Å²) < 4.78 is 5.23. The first-order valence-corrected chi connectivity index (χ1v) is 8.86. The molecule has 140 valence electrons. The van der Waals surface area contributed by atoms with Crippen molar-refractivity contribution in [3.8, 4) is 0 Å². The molecule has 1 unspecified atom stereocenters. The van der Waals surface area contributed by atoms with Crippen molar-refractivity contribution in [1.82, 2.24) is 15.5 Å². The van der Waals surface area contributed by atoms with Crippen LogP contribution in [-0.2, 0) is 9.53 Å². The minimum absolute atomic E-state index is 0.283. The molecule has 1 atom stereocenters. The van der Waals surface area contributed by atoms with Crippen LogP contribution in [0.1, 0.15) is 32.4 Å². The van der Waals surface area contributed by atoms with Crippen LogP contribution in [0.25, 0.3) is 0 Å². The van der Waals surface area contributed by atoms with Crippen molar-refractivity contribution >= 4 is 35.0 Å². The number of ether oxygens (including phenoxy) is 1. The minimum atomic E-state index is -0.450. The molecule has 2 amide bonds. The van der Waals surface area contributed by atoms with Gasteiger partial charge in [-0.1, -0.05) is 12.1 Å². The number of nitrogens with zero attached hydrogens (tertiary/aromatic N) is 1. The first kappa shape index (κ1) is 19.7. The summed E-state index contributed by atoms with van der Waals surface area (Å²) in [4.78, 5) is 26.0. The molecule has 1 aromatic rings. The number of urea groups is 1. The summed E-state index contributed by atoms with van der Waals surface area (Å²) in [6.45, 7) is 6.27. The van der Waals surface area contributed by atoms with Gasteiger partial charge < -0.3 is 25.6 Å². The molecule has 1 aliphatic heterocycles. The number of carbonyl (C=O) groups is 2. The van der Waals surface area contributed by atoms with E-state index in [0.717, 1.165) is 11.3 Å². The Bertz CT molecular complexity index is 748. The van der Waals surface area contributed by atoms with Crippen molar-refractivity contribution < 1.29 is 14.3 Å². The van der Waals surface area contributed by atoms with Crippen LogP contribution in [0, 0.1) is 0 Å². The van der Waals surface area contributed by atoms with Crippen LogP contribution in [0.3, 0.4) is 0 Å². The number of thiocarbonyl (C=S) groups is 1. The fourth-order valence-electron chi connectivity index (χ4n) is 2.69. The molecule has 0 saturated heterocycles. The Morgan fingerprint density at radius 1 is 1.35 bits per heavy atom. The number of rotatable bonds is 5. The lowest BCUT2D eigenvalue weighted by Gasteiger charge is -2.35. The molecule has 3 N–H and O–H groups in total. The van der Waals surface area contributed by atoms with E-state index >= 15 is 0 Å². The molecule has 0 fully saturated rings. The van der Waals surface area contributed by atoms with Crippen LogP contribution >= 0.6 is 12.2 Å². The van der Waals surface area contributed by atoms with E-state index in [1.807, 2.05) is 32.0 Å². The smallest absolute Gasteiger partial charge is 0.338 e. The van der Waals surface area contributed by atoms with Gasteiger partial charge in [0.25, 0.3) is 0 Å². The van der Waals surface area contributed by atoms with E-state index in [1.165, 1.54) is 0 Å². The van der Waals surface area contributed by atoms with Crippen molar-refractivity contribution in [2.75, 3.05) is 25.5 Å². The van der Waals surface area contributed by atoms with E-state index in [-0.39, 0.29) is 18.6 Å². The summed E-state index contributed by atoms with van der Waals surface area (Å²) in [6.07, 6.45) is 0. The van der Waals surface area contributed by atoms with E-state index in [4.69, 9.17) is 17.0 Å². The Balaban J connectivity index is 2.39. The summed E-state index contributed by atoms with van der Waals surface area (Å²) >= 11 is 5.37. The maximum absolute atomic E-state index is 12.5. The second-order valence-corrected chi connectivity index (χ2v) is 6.16. The van der Waals surface area contributed by atoms with E-state index in [9.17, 15) is 9.59 Å². The zero-order chi connectivity index (χ0) is 19.3. The van der Waals surface area contributed by atoms with Crippen molar-refractivity contribution in [1.29, 1.82) is 0 Å². The summed E-state index contributed by atoms with van der Waals surface area (Å²) in [7, 11) is 1.80. The predicted molar refractivity (Wildman–Crippen MR) is 105 cm³/mol. The Hall–Kier alpha value is -2.61. The maximum atomic E-state index is 12.5. The van der Waals surface area contributed by atoms with Gasteiger partial charge in [0.1, 0.15) is 0 Å². The fraction of sp³-hybridized carbons (Fsp3) is 0.389. The zero-order valence-electron chi connectivity index (χ0n) is 15.4. The second kappa shape index (κ2) is 8.66. The number of hydrogen-bond donors (Lipinski definition) is 3. The molecule has 1 aromatic carbocycles. The van der Waals surface area contributed by atoms with Gasteiger partial charge in [-0.3, -0.25) is 0 Å². The molecule has 8 heteroatoms. The standard InChI is InChI=1S/C18H24N4O3S/c1-5-19-17(24)20-13-9-7-8-12(10-13)15-14(16(23)25-6-2)11(3)22(4)18(26)21-15/h7-10,15H,5-6H2,1-4H3,(H,21,26)(H2,19,20,24). The van der Waals surface area contributed by atoms with Crippen LogP contribution in [0.15, 0.2) is 35.5 Å². The molecule has 0 spiro atoms. The maximum Gasteiger partial charge on any atom is 0.338 e. The van der Waals surface area contributed by atoms with Gasteiger partial charge >= 0.3 is 12.0 Å². The summed E-state index contributed by atoms with van der Waals surface area (Å²) in [6, 6.07) is 6.56. The number of carbonyl (C=O) groups excluding carboxylic acids is 2. The molecule has 0 aromatic heterocycles. The van der Waals surface area contributed by atoms with Crippen LogP contribution in [0.4, 0.5) is 10.5 Å². The van der Waals surface area contributed by atoms with Gasteiger partial charge in [0.15, 0.2) is 5.11 Å². The monoisotopic (exact) mass is 376 g/mol. The quantitative estimate of drug-likeness (QED) is 0.541. The first-order chi connectivity index (χ1) is 12.4. The third-order valence-corrected chi connectivity index (χ3v) is 4.46. The average molecular weight is 376 g/mol. The molecule has 0 saturated carbocycles. The predicted octanol–water partition coefficient (Wildman–Crippen LogP) is 2.53. The van der Waals surface area contributed by atoms with Crippen molar-refractivity contribution in [2.45, 2.75) is 26.8 Å². The highest BCUT2D eigenvalue weighted by molar-refractivity contribution is 7.80. The normalized spacial score (nSPS) is 16.8. The van der Waals surface area contributed by atoms with Crippen LogP contribution in [-0.4, -0.2) is 42.2 Å². The van der Waals surface area contributed by atoms with Gasteiger partial charge in [-0.05, 0) is 50.7 Å². The second-order valence-electron chi connectivity index (χ2n) is 5.77. The third kappa shape index (κ3) is 4.32. The molecule has 26 heavy (non-hydrogen) atoms. The minimum Gasteiger partial charge on any atom is -0.463 e. The molecule has 0 radical (unpaired) electrons. The van der Waals surface area contributed by atoms with Gasteiger partial charge in [-0.2, -0.15) is 0 Å².